The molecule has 4 heteroatoms. The molecule has 0 bridgehead atoms. The van der Waals surface area contributed by atoms with Gasteiger partial charge < -0.3 is 15.7 Å². The van der Waals surface area contributed by atoms with Gasteiger partial charge in [-0.15, -0.1) is 0 Å². The van der Waals surface area contributed by atoms with Crippen LogP contribution in [0.2, 0.25) is 0 Å². The van der Waals surface area contributed by atoms with Crippen molar-refractivity contribution in [2.75, 3.05) is 19.6 Å². The molecule has 0 spiro atoms. The second kappa shape index (κ2) is 4.07. The lowest BCUT2D eigenvalue weighted by Crippen LogP contribution is -2.40. The van der Waals surface area contributed by atoms with Gasteiger partial charge in [0.15, 0.2) is 0 Å². The largest absolute Gasteiger partial charge is 0.384 e. The summed E-state index contributed by atoms with van der Waals surface area (Å²) in [7, 11) is 0. The summed E-state index contributed by atoms with van der Waals surface area (Å²) in [5.74, 6) is -0.284. The Balaban J connectivity index is 2.29. The Hall–Kier alpha value is -0.610. The van der Waals surface area contributed by atoms with Gasteiger partial charge in [-0.05, 0) is 25.3 Å². The number of amides is 1. The van der Waals surface area contributed by atoms with Crippen molar-refractivity contribution >= 4 is 5.91 Å². The van der Waals surface area contributed by atoms with Crippen LogP contribution in [0.5, 0.6) is 0 Å². The third kappa shape index (κ3) is 2.97. The van der Waals surface area contributed by atoms with Crippen molar-refractivity contribution in [3.05, 3.63) is 0 Å². The average Bonchev–Trinajstić information content (AvgIpc) is 2.48. The molecule has 0 saturated carbocycles. The molecule has 4 nitrogen and oxygen atoms in total. The van der Waals surface area contributed by atoms with E-state index >= 15 is 0 Å². The number of nitrogens with one attached hydrogen (secondary N) is 2. The topological polar surface area (TPSA) is 61.4 Å². The van der Waals surface area contributed by atoms with E-state index in [2.05, 4.69) is 17.6 Å². The van der Waals surface area contributed by atoms with Crippen LogP contribution < -0.4 is 10.6 Å². The van der Waals surface area contributed by atoms with Crippen molar-refractivity contribution in [3.8, 4) is 0 Å². The van der Waals surface area contributed by atoms with Crippen molar-refractivity contribution < 1.29 is 9.90 Å². The van der Waals surface area contributed by atoms with E-state index in [9.17, 15) is 4.79 Å². The fourth-order valence-corrected chi connectivity index (χ4v) is 1.47. The van der Waals surface area contributed by atoms with Crippen LogP contribution in [0.3, 0.4) is 0 Å². The van der Waals surface area contributed by atoms with Crippen LogP contribution >= 0.6 is 0 Å². The van der Waals surface area contributed by atoms with Gasteiger partial charge in [0.2, 0.25) is 5.91 Å². The van der Waals surface area contributed by atoms with E-state index in [0.717, 1.165) is 19.5 Å². The monoisotopic (exact) mass is 186 g/mol. The second-order valence-electron chi connectivity index (χ2n) is 4.13. The standard InChI is InChI=1S/C9H18N2O2/c1-7(12)8(13)11-6-9(2)3-4-10-5-9/h7,10,12H,3-6H2,1-2H3,(H,11,13). The summed E-state index contributed by atoms with van der Waals surface area (Å²) in [4.78, 5) is 11.1. The number of aliphatic hydroxyl groups is 1. The third-order valence-corrected chi connectivity index (χ3v) is 2.53. The molecule has 0 aromatic rings. The molecule has 0 aliphatic carbocycles. The minimum atomic E-state index is -0.905. The summed E-state index contributed by atoms with van der Waals surface area (Å²) < 4.78 is 0. The van der Waals surface area contributed by atoms with E-state index in [-0.39, 0.29) is 11.3 Å². The minimum Gasteiger partial charge on any atom is -0.384 e. The van der Waals surface area contributed by atoms with E-state index in [1.807, 2.05) is 0 Å². The van der Waals surface area contributed by atoms with Crippen molar-refractivity contribution in [3.63, 3.8) is 0 Å². The number of hydrogen-bond donors (Lipinski definition) is 3. The van der Waals surface area contributed by atoms with Gasteiger partial charge in [-0.2, -0.15) is 0 Å². The molecule has 1 saturated heterocycles. The summed E-state index contributed by atoms with van der Waals surface area (Å²) in [6.07, 6.45) is 0.172. The molecule has 2 atom stereocenters. The first kappa shape index (κ1) is 10.5. The lowest BCUT2D eigenvalue weighted by atomic mass is 9.90. The Morgan fingerprint density at radius 2 is 2.46 bits per heavy atom. The molecule has 3 N–H and O–H groups in total. The van der Waals surface area contributed by atoms with Gasteiger partial charge >= 0.3 is 0 Å². The Bertz CT molecular complexity index is 186. The molecule has 13 heavy (non-hydrogen) atoms. The van der Waals surface area contributed by atoms with Crippen molar-refractivity contribution in [1.82, 2.24) is 10.6 Å². The van der Waals surface area contributed by atoms with E-state index < -0.39 is 6.10 Å². The van der Waals surface area contributed by atoms with Gasteiger partial charge in [-0.1, -0.05) is 6.92 Å². The van der Waals surface area contributed by atoms with Crippen molar-refractivity contribution in [2.45, 2.75) is 26.4 Å². The van der Waals surface area contributed by atoms with Gasteiger partial charge in [0.05, 0.1) is 0 Å². The third-order valence-electron chi connectivity index (χ3n) is 2.53. The highest BCUT2D eigenvalue weighted by molar-refractivity contribution is 5.79. The Morgan fingerprint density at radius 1 is 1.77 bits per heavy atom. The molecule has 1 aliphatic rings. The number of hydrogen-bond acceptors (Lipinski definition) is 3. The molecule has 76 valence electrons. The fourth-order valence-electron chi connectivity index (χ4n) is 1.47. The van der Waals surface area contributed by atoms with E-state index in [0.29, 0.717) is 6.54 Å². The minimum absolute atomic E-state index is 0.157. The van der Waals surface area contributed by atoms with E-state index in [1.54, 1.807) is 0 Å². The molecular formula is C9H18N2O2. The smallest absolute Gasteiger partial charge is 0.248 e. The first-order valence-electron chi connectivity index (χ1n) is 4.70. The second-order valence-corrected chi connectivity index (χ2v) is 4.13. The lowest BCUT2D eigenvalue weighted by molar-refractivity contribution is -0.128. The Labute approximate surface area is 78.7 Å². The van der Waals surface area contributed by atoms with Crippen LogP contribution in [0.25, 0.3) is 0 Å². The molecule has 1 heterocycles. The summed E-state index contributed by atoms with van der Waals surface area (Å²) in [5, 5.41) is 14.9. The van der Waals surface area contributed by atoms with Crippen molar-refractivity contribution in [1.29, 1.82) is 0 Å². The maximum Gasteiger partial charge on any atom is 0.248 e. The summed E-state index contributed by atoms with van der Waals surface area (Å²) >= 11 is 0. The summed E-state index contributed by atoms with van der Waals surface area (Å²) in [6, 6.07) is 0. The first-order valence-corrected chi connectivity index (χ1v) is 4.70. The molecule has 1 fully saturated rings. The van der Waals surface area contributed by atoms with Crippen LogP contribution in [0, 0.1) is 5.41 Å². The molecule has 2 unspecified atom stereocenters. The SMILES string of the molecule is CC(O)C(=O)NCC1(C)CCNC1. The first-order chi connectivity index (χ1) is 6.03. The molecule has 0 aromatic carbocycles. The normalized spacial score (nSPS) is 30.1. The number of carbonyl (C=O) groups is 1. The number of rotatable bonds is 3. The van der Waals surface area contributed by atoms with Crippen molar-refractivity contribution in [2.24, 2.45) is 5.41 Å². The molecule has 0 aromatic heterocycles. The molecule has 0 radical (unpaired) electrons. The predicted octanol–water partition coefficient (Wildman–Crippen LogP) is -0.517. The van der Waals surface area contributed by atoms with Crippen LogP contribution in [0.4, 0.5) is 0 Å². The number of carbonyl (C=O) groups excluding carboxylic acids is 1. The summed E-state index contributed by atoms with van der Waals surface area (Å²) in [5.41, 5.74) is 0.157. The van der Waals surface area contributed by atoms with Gasteiger partial charge in [0, 0.05) is 13.1 Å². The molecule has 1 amide bonds. The van der Waals surface area contributed by atoms with Gasteiger partial charge in [0.25, 0.3) is 0 Å². The highest BCUT2D eigenvalue weighted by Gasteiger charge is 2.29. The zero-order valence-corrected chi connectivity index (χ0v) is 8.26. The van der Waals surface area contributed by atoms with Gasteiger partial charge in [-0.3, -0.25) is 4.79 Å². The number of aliphatic hydroxyl groups excluding tert-OH is 1. The van der Waals surface area contributed by atoms with Crippen LogP contribution in [-0.4, -0.2) is 36.8 Å². The highest BCUT2D eigenvalue weighted by atomic mass is 16.3. The fraction of sp³-hybridized carbons (Fsp3) is 0.889. The lowest BCUT2D eigenvalue weighted by Gasteiger charge is -2.23. The quantitative estimate of drug-likeness (QED) is 0.556. The molecule has 1 aliphatic heterocycles. The van der Waals surface area contributed by atoms with E-state index in [1.165, 1.54) is 6.92 Å². The zero-order chi connectivity index (χ0) is 9.90. The van der Waals surface area contributed by atoms with Gasteiger partial charge in [-0.25, -0.2) is 0 Å². The van der Waals surface area contributed by atoms with E-state index in [4.69, 9.17) is 5.11 Å². The Kier molecular flexibility index (Phi) is 3.27. The average molecular weight is 186 g/mol. The zero-order valence-electron chi connectivity index (χ0n) is 8.26. The van der Waals surface area contributed by atoms with Crippen LogP contribution in [0.15, 0.2) is 0 Å². The van der Waals surface area contributed by atoms with Gasteiger partial charge in [0.1, 0.15) is 6.10 Å². The molecule has 1 rings (SSSR count). The Morgan fingerprint density at radius 3 is 2.92 bits per heavy atom. The maximum atomic E-state index is 11.1. The predicted molar refractivity (Wildman–Crippen MR) is 50.3 cm³/mol. The van der Waals surface area contributed by atoms with Crippen LogP contribution in [-0.2, 0) is 4.79 Å². The van der Waals surface area contributed by atoms with Crippen LogP contribution in [0.1, 0.15) is 20.3 Å². The highest BCUT2D eigenvalue weighted by Crippen LogP contribution is 2.22. The maximum absolute atomic E-state index is 11.1. The molecular weight excluding hydrogens is 168 g/mol. The summed E-state index contributed by atoms with van der Waals surface area (Å²) in [6.45, 7) is 6.21.